The van der Waals surface area contributed by atoms with Gasteiger partial charge in [0.25, 0.3) is 0 Å². The highest BCUT2D eigenvalue weighted by Crippen LogP contribution is 2.55. The molecule has 0 spiro atoms. The summed E-state index contributed by atoms with van der Waals surface area (Å²) in [6.45, 7) is 9.63. The Hall–Kier alpha value is -7.52. The van der Waals surface area contributed by atoms with Crippen molar-refractivity contribution in [2.45, 2.75) is 38.5 Å². The lowest BCUT2D eigenvalue weighted by Crippen LogP contribution is -2.18. The van der Waals surface area contributed by atoms with Crippen LogP contribution in [0.1, 0.15) is 49.9 Å². The van der Waals surface area contributed by atoms with Crippen LogP contribution in [-0.2, 0) is 10.8 Å². The minimum atomic E-state index is -0.228. The summed E-state index contributed by atoms with van der Waals surface area (Å²) < 4.78 is 2.69. The summed E-state index contributed by atoms with van der Waals surface area (Å²) in [7, 11) is 0. The fraction of sp³-hybridized carbons (Fsp3) is 0.0938. The van der Waals surface area contributed by atoms with E-state index >= 15 is 0 Å². The largest absolute Gasteiger partial charge is 0.310 e. The first-order valence-corrected chi connectivity index (χ1v) is 24.0. The van der Waals surface area contributed by atoms with Gasteiger partial charge in [-0.2, -0.15) is 0 Å². The van der Waals surface area contributed by atoms with Crippen LogP contribution in [0.5, 0.6) is 0 Å². The summed E-state index contributed by atoms with van der Waals surface area (Å²) in [5.41, 5.74) is 21.3. The molecule has 0 radical (unpaired) electrons. The van der Waals surface area contributed by atoms with Gasteiger partial charge in [-0.25, -0.2) is 0 Å². The lowest BCUT2D eigenvalue weighted by atomic mass is 9.81. The molecule has 11 aromatic rings. The minimum absolute atomic E-state index is 0.199. The molecule has 10 aromatic carbocycles. The highest BCUT2D eigenvalue weighted by atomic mass is 32.1. The van der Waals surface area contributed by atoms with Gasteiger partial charge in [0.1, 0.15) is 0 Å². The molecule has 1 nitrogen and oxygen atoms in total. The Morgan fingerprint density at radius 1 is 0.318 bits per heavy atom. The van der Waals surface area contributed by atoms with Gasteiger partial charge >= 0.3 is 0 Å². The fourth-order valence-corrected chi connectivity index (χ4v) is 12.7. The van der Waals surface area contributed by atoms with Crippen molar-refractivity contribution in [1.82, 2.24) is 0 Å². The third kappa shape index (κ3) is 5.78. The van der Waals surface area contributed by atoms with E-state index in [1.165, 1.54) is 109 Å². The monoisotopic (exact) mass is 861 g/mol. The molecule has 2 aliphatic rings. The van der Waals surface area contributed by atoms with Gasteiger partial charge in [0.2, 0.25) is 0 Å². The Labute approximate surface area is 390 Å². The molecule has 2 heteroatoms. The van der Waals surface area contributed by atoms with Crippen LogP contribution in [0.25, 0.3) is 86.6 Å². The van der Waals surface area contributed by atoms with Gasteiger partial charge in [-0.05, 0) is 132 Å². The van der Waals surface area contributed by atoms with E-state index in [2.05, 4.69) is 245 Å². The van der Waals surface area contributed by atoms with Crippen molar-refractivity contribution in [3.05, 3.63) is 235 Å². The molecule has 0 N–H and O–H groups in total. The normalized spacial score (nSPS) is 14.0. The van der Waals surface area contributed by atoms with Crippen molar-refractivity contribution in [3.63, 3.8) is 0 Å². The molecule has 66 heavy (non-hydrogen) atoms. The predicted octanol–water partition coefficient (Wildman–Crippen LogP) is 18.3. The van der Waals surface area contributed by atoms with Crippen molar-refractivity contribution in [2.75, 3.05) is 4.90 Å². The number of thiophene rings is 1. The summed E-state index contributed by atoms with van der Waals surface area (Å²) in [5.74, 6) is 0. The highest BCUT2D eigenvalue weighted by molar-refractivity contribution is 7.26. The van der Waals surface area contributed by atoms with Gasteiger partial charge in [-0.15, -0.1) is 11.3 Å². The molecular formula is C64H47NS. The number of hydrogen-bond acceptors (Lipinski definition) is 2. The molecule has 0 saturated carbocycles. The maximum Gasteiger partial charge on any atom is 0.0540 e. The lowest BCUT2D eigenvalue weighted by Gasteiger charge is -2.31. The molecule has 0 unspecified atom stereocenters. The zero-order chi connectivity index (χ0) is 44.3. The quantitative estimate of drug-likeness (QED) is 0.161. The second-order valence-electron chi connectivity index (χ2n) is 19.3. The van der Waals surface area contributed by atoms with E-state index < -0.39 is 0 Å². The first-order valence-electron chi connectivity index (χ1n) is 23.2. The number of rotatable bonds is 6. The van der Waals surface area contributed by atoms with Crippen molar-refractivity contribution < 1.29 is 0 Å². The topological polar surface area (TPSA) is 3.24 Å². The minimum Gasteiger partial charge on any atom is -0.310 e. The Balaban J connectivity index is 0.967. The summed E-state index contributed by atoms with van der Waals surface area (Å²) in [5, 5.41) is 5.13. The fourth-order valence-electron chi connectivity index (χ4n) is 11.5. The zero-order valence-electron chi connectivity index (χ0n) is 37.6. The Bertz CT molecular complexity index is 3760. The van der Waals surface area contributed by atoms with Crippen LogP contribution in [0, 0.1) is 0 Å². The molecule has 314 valence electrons. The van der Waals surface area contributed by atoms with Gasteiger partial charge in [-0.1, -0.05) is 191 Å². The third-order valence-corrected chi connectivity index (χ3v) is 16.1. The third-order valence-electron chi connectivity index (χ3n) is 14.9. The zero-order valence-corrected chi connectivity index (χ0v) is 38.4. The van der Waals surface area contributed by atoms with Gasteiger partial charge in [0.05, 0.1) is 5.69 Å². The van der Waals surface area contributed by atoms with Gasteiger partial charge < -0.3 is 4.90 Å². The van der Waals surface area contributed by atoms with E-state index in [0.717, 1.165) is 17.1 Å². The predicted molar refractivity (Wildman–Crippen MR) is 283 cm³/mol. The Kier molecular flexibility index (Phi) is 8.54. The standard InChI is InChI=1S/C64H47NS/c1-63(2)56-36-42(40-16-7-5-8-17-40)26-30-49(56)51-32-28-44(38-58(51)63)65(60-35-34-46(41-18-9-6-10-19-41)48-20-11-12-21-53(48)60)45-29-33-52-50-31-27-43(37-57(50)64(3,4)59(52)39-45)47-23-15-24-55-54-22-13-14-25-61(54)66-62(47)55/h5-39H,1-4H3. The summed E-state index contributed by atoms with van der Waals surface area (Å²) in [6.07, 6.45) is 0. The molecule has 2 aliphatic carbocycles. The summed E-state index contributed by atoms with van der Waals surface area (Å²) >= 11 is 1.90. The molecule has 0 amide bonds. The number of benzene rings is 10. The number of nitrogens with zero attached hydrogens (tertiary/aromatic N) is 1. The van der Waals surface area contributed by atoms with Crippen LogP contribution >= 0.6 is 11.3 Å². The molecule has 13 rings (SSSR count). The number of anilines is 3. The number of hydrogen-bond donors (Lipinski definition) is 0. The second-order valence-corrected chi connectivity index (χ2v) is 20.3. The molecule has 1 aromatic heterocycles. The first kappa shape index (κ1) is 38.9. The van der Waals surface area contributed by atoms with Gasteiger partial charge in [-0.3, -0.25) is 0 Å². The van der Waals surface area contributed by atoms with Gasteiger partial charge in [0, 0.05) is 47.8 Å². The van der Waals surface area contributed by atoms with Crippen LogP contribution in [0.15, 0.2) is 212 Å². The molecular weight excluding hydrogens is 815 g/mol. The summed E-state index contributed by atoms with van der Waals surface area (Å²) in [6, 6.07) is 79.5. The van der Waals surface area contributed by atoms with Crippen LogP contribution < -0.4 is 4.90 Å². The molecule has 1 heterocycles. The average molecular weight is 862 g/mol. The molecule has 0 saturated heterocycles. The van der Waals surface area contributed by atoms with E-state index in [9.17, 15) is 0 Å². The Morgan fingerprint density at radius 2 is 0.803 bits per heavy atom. The van der Waals surface area contributed by atoms with Crippen molar-refractivity contribution in [1.29, 1.82) is 0 Å². The van der Waals surface area contributed by atoms with Crippen LogP contribution in [0.3, 0.4) is 0 Å². The highest BCUT2D eigenvalue weighted by Gasteiger charge is 2.38. The van der Waals surface area contributed by atoms with E-state index in [1.807, 2.05) is 11.3 Å². The van der Waals surface area contributed by atoms with E-state index in [4.69, 9.17) is 0 Å². The first-order chi connectivity index (χ1) is 32.2. The van der Waals surface area contributed by atoms with E-state index in [1.54, 1.807) is 0 Å². The smallest absolute Gasteiger partial charge is 0.0540 e. The van der Waals surface area contributed by atoms with Crippen molar-refractivity contribution in [2.24, 2.45) is 0 Å². The SMILES string of the molecule is CC1(C)c2cc(-c3ccccc3)ccc2-c2ccc(N(c3ccc4c(c3)C(C)(C)c3cc(-c5cccc6c5sc5ccccc56)ccc3-4)c3ccc(-c4ccccc4)c4ccccc34)cc21. The van der Waals surface area contributed by atoms with Crippen LogP contribution in [0.4, 0.5) is 17.1 Å². The maximum atomic E-state index is 2.53. The van der Waals surface area contributed by atoms with Crippen LogP contribution in [-0.4, -0.2) is 0 Å². The van der Waals surface area contributed by atoms with E-state index in [0.29, 0.717) is 0 Å². The van der Waals surface area contributed by atoms with E-state index in [-0.39, 0.29) is 10.8 Å². The number of fused-ring (bicyclic) bond motifs is 10. The average Bonchev–Trinajstić information content (AvgIpc) is 3.93. The molecule has 0 atom stereocenters. The summed E-state index contributed by atoms with van der Waals surface area (Å²) in [4.78, 5) is 2.53. The van der Waals surface area contributed by atoms with Gasteiger partial charge in [0.15, 0.2) is 0 Å². The Morgan fingerprint density at radius 3 is 1.45 bits per heavy atom. The molecule has 0 bridgehead atoms. The van der Waals surface area contributed by atoms with Crippen LogP contribution in [0.2, 0.25) is 0 Å². The van der Waals surface area contributed by atoms with Crippen molar-refractivity contribution >= 4 is 59.3 Å². The molecule has 0 aliphatic heterocycles. The maximum absolute atomic E-state index is 2.53. The second kappa shape index (κ2) is 14.5. The lowest BCUT2D eigenvalue weighted by molar-refractivity contribution is 0.660. The molecule has 0 fully saturated rings. The van der Waals surface area contributed by atoms with Crippen molar-refractivity contribution in [3.8, 4) is 55.6 Å².